The summed E-state index contributed by atoms with van der Waals surface area (Å²) in [6.07, 6.45) is 2.97. The first-order chi connectivity index (χ1) is 12.7. The van der Waals surface area contributed by atoms with Crippen LogP contribution in [-0.2, 0) is 4.79 Å². The van der Waals surface area contributed by atoms with Crippen molar-refractivity contribution < 1.29 is 14.3 Å². The lowest BCUT2D eigenvalue weighted by atomic mass is 10.1. The second-order valence-corrected chi connectivity index (χ2v) is 5.39. The van der Waals surface area contributed by atoms with Crippen LogP contribution in [0.4, 0.5) is 0 Å². The lowest BCUT2D eigenvalue weighted by Crippen LogP contribution is -2.43. The van der Waals surface area contributed by atoms with E-state index in [4.69, 9.17) is 4.74 Å². The van der Waals surface area contributed by atoms with Crippen LogP contribution >= 0.6 is 0 Å². The quantitative estimate of drug-likeness (QED) is 0.695. The number of para-hydroxylation sites is 1. The summed E-state index contributed by atoms with van der Waals surface area (Å²) in [5.41, 5.74) is 6.88. The minimum absolute atomic E-state index is 0.225. The topological polar surface area (TPSA) is 80.3 Å². The number of pyridine rings is 1. The molecule has 6 nitrogen and oxygen atoms in total. The molecule has 26 heavy (non-hydrogen) atoms. The third-order valence-electron chi connectivity index (χ3n) is 3.57. The standard InChI is InChI=1S/C20H17N3O3/c24-19(22-23-20(25)16-9-6-12-21-13-16)14-26-18-11-5-4-10-17(18)15-7-2-1-3-8-15/h1-13H,14H2,(H,22,24)(H,23,25). The minimum atomic E-state index is -0.467. The van der Waals surface area contributed by atoms with Crippen molar-refractivity contribution in [2.45, 2.75) is 0 Å². The van der Waals surface area contributed by atoms with Gasteiger partial charge in [-0.3, -0.25) is 25.4 Å². The average molecular weight is 347 g/mol. The van der Waals surface area contributed by atoms with Crippen LogP contribution < -0.4 is 15.6 Å². The first-order valence-corrected chi connectivity index (χ1v) is 8.00. The van der Waals surface area contributed by atoms with Crippen LogP contribution in [0.15, 0.2) is 79.1 Å². The van der Waals surface area contributed by atoms with Gasteiger partial charge in [0.1, 0.15) is 5.75 Å². The van der Waals surface area contributed by atoms with Crippen molar-refractivity contribution in [3.8, 4) is 16.9 Å². The number of amides is 2. The van der Waals surface area contributed by atoms with Crippen LogP contribution in [0, 0.1) is 0 Å². The molecule has 0 aliphatic heterocycles. The number of hydrazine groups is 1. The van der Waals surface area contributed by atoms with Gasteiger partial charge < -0.3 is 4.74 Å². The monoisotopic (exact) mass is 347 g/mol. The maximum Gasteiger partial charge on any atom is 0.276 e. The van der Waals surface area contributed by atoms with Gasteiger partial charge in [-0.25, -0.2) is 0 Å². The molecule has 3 rings (SSSR count). The van der Waals surface area contributed by atoms with Crippen molar-refractivity contribution in [2.24, 2.45) is 0 Å². The lowest BCUT2D eigenvalue weighted by molar-refractivity contribution is -0.123. The van der Waals surface area contributed by atoms with Gasteiger partial charge in [-0.15, -0.1) is 0 Å². The predicted octanol–water partition coefficient (Wildman–Crippen LogP) is 2.59. The summed E-state index contributed by atoms with van der Waals surface area (Å²) < 4.78 is 5.62. The summed E-state index contributed by atoms with van der Waals surface area (Å²) >= 11 is 0. The highest BCUT2D eigenvalue weighted by molar-refractivity contribution is 5.95. The second kappa shape index (κ2) is 8.43. The van der Waals surface area contributed by atoms with E-state index in [0.29, 0.717) is 11.3 Å². The Morgan fingerprint density at radius 3 is 2.42 bits per heavy atom. The van der Waals surface area contributed by atoms with Gasteiger partial charge in [0.2, 0.25) is 0 Å². The summed E-state index contributed by atoms with van der Waals surface area (Å²) in [5.74, 6) is -0.325. The molecule has 6 heteroatoms. The van der Waals surface area contributed by atoms with E-state index in [2.05, 4.69) is 15.8 Å². The van der Waals surface area contributed by atoms with Gasteiger partial charge in [-0.1, -0.05) is 48.5 Å². The first kappa shape index (κ1) is 17.2. The molecule has 0 aliphatic rings. The molecule has 0 bridgehead atoms. The molecule has 0 atom stereocenters. The molecule has 0 aliphatic carbocycles. The molecule has 0 unspecified atom stereocenters. The van der Waals surface area contributed by atoms with Gasteiger partial charge >= 0.3 is 0 Å². The van der Waals surface area contributed by atoms with E-state index in [1.165, 1.54) is 6.20 Å². The number of carbonyl (C=O) groups is 2. The number of aromatic nitrogens is 1. The van der Waals surface area contributed by atoms with Gasteiger partial charge in [0.15, 0.2) is 6.61 Å². The van der Waals surface area contributed by atoms with Crippen molar-refractivity contribution >= 4 is 11.8 Å². The third-order valence-corrected chi connectivity index (χ3v) is 3.57. The summed E-state index contributed by atoms with van der Waals surface area (Å²) in [6.45, 7) is -0.225. The summed E-state index contributed by atoms with van der Waals surface area (Å²) in [6, 6.07) is 20.4. The van der Waals surface area contributed by atoms with Gasteiger partial charge in [0, 0.05) is 18.0 Å². The number of hydrogen-bond donors (Lipinski definition) is 2. The van der Waals surface area contributed by atoms with Crippen molar-refractivity contribution in [1.29, 1.82) is 0 Å². The smallest absolute Gasteiger partial charge is 0.276 e. The fourth-order valence-corrected chi connectivity index (χ4v) is 2.32. The van der Waals surface area contributed by atoms with E-state index in [1.54, 1.807) is 24.4 Å². The Balaban J connectivity index is 1.56. The molecule has 2 aromatic carbocycles. The fourth-order valence-electron chi connectivity index (χ4n) is 2.32. The molecule has 130 valence electrons. The molecule has 3 aromatic rings. The first-order valence-electron chi connectivity index (χ1n) is 8.00. The molecular formula is C20H17N3O3. The molecule has 1 heterocycles. The summed E-state index contributed by atoms with van der Waals surface area (Å²) in [5, 5.41) is 0. The van der Waals surface area contributed by atoms with Crippen molar-refractivity contribution in [1.82, 2.24) is 15.8 Å². The molecule has 2 amide bonds. The highest BCUT2D eigenvalue weighted by atomic mass is 16.5. The van der Waals surface area contributed by atoms with Crippen LogP contribution in [-0.4, -0.2) is 23.4 Å². The number of rotatable bonds is 5. The van der Waals surface area contributed by atoms with E-state index in [-0.39, 0.29) is 6.61 Å². The number of ether oxygens (including phenoxy) is 1. The Bertz CT molecular complexity index is 883. The Morgan fingerprint density at radius 2 is 1.65 bits per heavy atom. The molecule has 0 saturated carbocycles. The van der Waals surface area contributed by atoms with Crippen molar-refractivity contribution in [3.63, 3.8) is 0 Å². The highest BCUT2D eigenvalue weighted by Gasteiger charge is 2.10. The van der Waals surface area contributed by atoms with Crippen LogP contribution in [0.5, 0.6) is 5.75 Å². The van der Waals surface area contributed by atoms with Crippen LogP contribution in [0.3, 0.4) is 0 Å². The zero-order valence-corrected chi connectivity index (χ0v) is 13.9. The van der Waals surface area contributed by atoms with E-state index in [1.807, 2.05) is 48.5 Å². The molecule has 2 N–H and O–H groups in total. The SMILES string of the molecule is O=C(COc1ccccc1-c1ccccc1)NNC(=O)c1cccnc1. The third kappa shape index (κ3) is 4.45. The Hall–Kier alpha value is -3.67. The number of hydrogen-bond acceptors (Lipinski definition) is 4. The van der Waals surface area contributed by atoms with Gasteiger partial charge in [0.05, 0.1) is 5.56 Å². The van der Waals surface area contributed by atoms with E-state index < -0.39 is 11.8 Å². The molecule has 0 spiro atoms. The molecular weight excluding hydrogens is 330 g/mol. The number of carbonyl (C=O) groups excluding carboxylic acids is 2. The van der Waals surface area contributed by atoms with Crippen LogP contribution in [0.25, 0.3) is 11.1 Å². The van der Waals surface area contributed by atoms with Crippen LogP contribution in [0.2, 0.25) is 0 Å². The van der Waals surface area contributed by atoms with E-state index >= 15 is 0 Å². The summed E-state index contributed by atoms with van der Waals surface area (Å²) in [7, 11) is 0. The maximum atomic E-state index is 11.9. The van der Waals surface area contributed by atoms with Crippen molar-refractivity contribution in [2.75, 3.05) is 6.61 Å². The van der Waals surface area contributed by atoms with Crippen LogP contribution in [0.1, 0.15) is 10.4 Å². The number of nitrogens with one attached hydrogen (secondary N) is 2. The molecule has 0 fully saturated rings. The Morgan fingerprint density at radius 1 is 0.885 bits per heavy atom. The molecule has 0 saturated heterocycles. The highest BCUT2D eigenvalue weighted by Crippen LogP contribution is 2.29. The lowest BCUT2D eigenvalue weighted by Gasteiger charge is -2.12. The second-order valence-electron chi connectivity index (χ2n) is 5.39. The minimum Gasteiger partial charge on any atom is -0.483 e. The summed E-state index contributed by atoms with van der Waals surface area (Å²) in [4.78, 5) is 27.6. The fraction of sp³-hybridized carbons (Fsp3) is 0.0500. The maximum absolute atomic E-state index is 11.9. The molecule has 1 aromatic heterocycles. The van der Waals surface area contributed by atoms with E-state index in [9.17, 15) is 9.59 Å². The molecule has 0 radical (unpaired) electrons. The average Bonchev–Trinajstić information content (AvgIpc) is 2.72. The normalized spacial score (nSPS) is 10.0. The van der Waals surface area contributed by atoms with Gasteiger partial charge in [-0.2, -0.15) is 0 Å². The number of nitrogens with zero attached hydrogens (tertiary/aromatic N) is 1. The Labute approximate surface area is 150 Å². The van der Waals surface area contributed by atoms with Crippen molar-refractivity contribution in [3.05, 3.63) is 84.7 Å². The zero-order chi connectivity index (χ0) is 18.2. The van der Waals surface area contributed by atoms with Gasteiger partial charge in [0.25, 0.3) is 11.8 Å². The Kier molecular flexibility index (Phi) is 5.57. The van der Waals surface area contributed by atoms with Gasteiger partial charge in [-0.05, 0) is 23.8 Å². The largest absolute Gasteiger partial charge is 0.483 e. The van der Waals surface area contributed by atoms with E-state index in [0.717, 1.165) is 11.1 Å². The number of benzene rings is 2. The zero-order valence-electron chi connectivity index (χ0n) is 13.9. The predicted molar refractivity (Wildman–Crippen MR) is 97.2 cm³/mol.